The Kier molecular flexibility index (Phi) is 4.88. The normalized spacial score (nSPS) is 11.5. The van der Waals surface area contributed by atoms with Crippen molar-refractivity contribution in [2.45, 2.75) is 24.8 Å². The van der Waals surface area contributed by atoms with E-state index in [0.717, 1.165) is 0 Å². The third kappa shape index (κ3) is 3.89. The van der Waals surface area contributed by atoms with Gasteiger partial charge in [0.05, 0.1) is 6.20 Å². The van der Waals surface area contributed by atoms with Crippen molar-refractivity contribution in [3.63, 3.8) is 0 Å². The zero-order valence-electron chi connectivity index (χ0n) is 11.9. The first-order chi connectivity index (χ1) is 10.4. The van der Waals surface area contributed by atoms with Gasteiger partial charge >= 0.3 is 5.97 Å². The molecular weight excluding hydrogens is 308 g/mol. The van der Waals surface area contributed by atoms with Crippen LogP contribution in [0.15, 0.2) is 35.5 Å². The molecule has 118 valence electrons. The summed E-state index contributed by atoms with van der Waals surface area (Å²) in [4.78, 5) is 14.8. The van der Waals surface area contributed by atoms with Crippen LogP contribution in [0.4, 0.5) is 0 Å². The monoisotopic (exact) mass is 324 g/mol. The van der Waals surface area contributed by atoms with Gasteiger partial charge in [-0.3, -0.25) is 4.68 Å². The van der Waals surface area contributed by atoms with Crippen LogP contribution in [-0.4, -0.2) is 40.8 Å². The van der Waals surface area contributed by atoms with Crippen LogP contribution in [0.3, 0.4) is 0 Å². The van der Waals surface area contributed by atoms with Gasteiger partial charge in [-0.2, -0.15) is 5.10 Å². The topological polar surface area (TPSA) is 114 Å². The lowest BCUT2D eigenvalue weighted by atomic mass is 10.2. The van der Waals surface area contributed by atoms with Gasteiger partial charge in [-0.15, -0.1) is 0 Å². The Balaban J connectivity index is 1.98. The number of hydrogen-bond acceptors (Lipinski definition) is 5. The minimum absolute atomic E-state index is 0.0652. The Morgan fingerprint density at radius 2 is 2.18 bits per heavy atom. The summed E-state index contributed by atoms with van der Waals surface area (Å²) >= 11 is 0. The van der Waals surface area contributed by atoms with Gasteiger partial charge in [0.1, 0.15) is 10.6 Å². The average molecular weight is 324 g/mol. The first-order valence-corrected chi connectivity index (χ1v) is 8.12. The van der Waals surface area contributed by atoms with Crippen LogP contribution in [0.2, 0.25) is 0 Å². The van der Waals surface area contributed by atoms with E-state index in [4.69, 9.17) is 5.11 Å². The van der Waals surface area contributed by atoms with E-state index < -0.39 is 16.0 Å². The molecule has 2 heterocycles. The molecule has 2 aromatic heterocycles. The lowest BCUT2D eigenvalue weighted by Gasteiger charge is -2.05. The molecule has 0 saturated carbocycles. The molecule has 9 heteroatoms. The first kappa shape index (κ1) is 16.1. The lowest BCUT2D eigenvalue weighted by Crippen LogP contribution is -2.26. The lowest BCUT2D eigenvalue weighted by molar-refractivity contribution is 0.0690. The van der Waals surface area contributed by atoms with E-state index in [1.807, 2.05) is 6.92 Å². The summed E-state index contributed by atoms with van der Waals surface area (Å²) in [6.07, 6.45) is 3.03. The van der Waals surface area contributed by atoms with Crippen molar-refractivity contribution in [2.75, 3.05) is 6.54 Å². The number of aryl methyl sites for hydroxylation is 1. The van der Waals surface area contributed by atoms with Gasteiger partial charge < -0.3 is 5.11 Å². The van der Waals surface area contributed by atoms with E-state index in [1.165, 1.54) is 23.1 Å². The summed E-state index contributed by atoms with van der Waals surface area (Å²) in [7, 11) is -3.62. The van der Waals surface area contributed by atoms with Crippen LogP contribution in [0.5, 0.6) is 0 Å². The van der Waals surface area contributed by atoms with E-state index >= 15 is 0 Å². The van der Waals surface area contributed by atoms with Crippen LogP contribution in [0, 0.1) is 0 Å². The van der Waals surface area contributed by atoms with Gasteiger partial charge in [0, 0.05) is 31.4 Å². The minimum Gasteiger partial charge on any atom is -0.477 e. The summed E-state index contributed by atoms with van der Waals surface area (Å²) in [6, 6.07) is 4.61. The van der Waals surface area contributed by atoms with Crippen molar-refractivity contribution in [1.29, 1.82) is 0 Å². The van der Waals surface area contributed by atoms with Gasteiger partial charge in [0.15, 0.2) is 0 Å². The van der Waals surface area contributed by atoms with Gasteiger partial charge in [0.25, 0.3) is 0 Å². The number of carbonyl (C=O) groups is 1. The molecule has 0 aliphatic carbocycles. The SMILES string of the molecule is CCn1cc(S(=O)(=O)NCCc2cccc(C(=O)O)n2)cn1. The van der Waals surface area contributed by atoms with E-state index in [9.17, 15) is 13.2 Å². The molecule has 0 atom stereocenters. The maximum Gasteiger partial charge on any atom is 0.354 e. The number of nitrogens with one attached hydrogen (secondary N) is 1. The van der Waals surface area contributed by atoms with Gasteiger partial charge in [-0.05, 0) is 19.1 Å². The van der Waals surface area contributed by atoms with Crippen molar-refractivity contribution in [3.8, 4) is 0 Å². The molecule has 0 spiro atoms. The van der Waals surface area contributed by atoms with Crippen molar-refractivity contribution in [1.82, 2.24) is 19.5 Å². The molecule has 2 rings (SSSR count). The number of hydrogen-bond donors (Lipinski definition) is 2. The fourth-order valence-corrected chi connectivity index (χ4v) is 2.77. The molecule has 0 saturated heterocycles. The number of pyridine rings is 1. The number of carboxylic acids is 1. The van der Waals surface area contributed by atoms with E-state index in [1.54, 1.807) is 12.1 Å². The highest BCUT2D eigenvalue weighted by Gasteiger charge is 2.15. The summed E-state index contributed by atoms with van der Waals surface area (Å²) in [5.74, 6) is -1.12. The molecule has 2 N–H and O–H groups in total. The van der Waals surface area contributed by atoms with E-state index in [-0.39, 0.29) is 17.1 Å². The van der Waals surface area contributed by atoms with E-state index in [2.05, 4.69) is 14.8 Å². The standard InChI is InChI=1S/C13H16N4O4S/c1-2-17-9-11(8-14-17)22(20,21)15-7-6-10-4-3-5-12(16-10)13(18)19/h3-5,8-9,15H,2,6-7H2,1H3,(H,18,19). The number of aromatic carboxylic acids is 1. The fraction of sp³-hybridized carbons (Fsp3) is 0.308. The quantitative estimate of drug-likeness (QED) is 0.767. The number of nitrogens with zero attached hydrogens (tertiary/aromatic N) is 3. The molecule has 0 aliphatic heterocycles. The fourth-order valence-electron chi connectivity index (χ4n) is 1.79. The van der Waals surface area contributed by atoms with Crippen LogP contribution in [0.25, 0.3) is 0 Å². The largest absolute Gasteiger partial charge is 0.477 e. The predicted octanol–water partition coefficient (Wildman–Crippen LogP) is 0.517. The van der Waals surface area contributed by atoms with Gasteiger partial charge in [-0.25, -0.2) is 22.9 Å². The van der Waals surface area contributed by atoms with Crippen molar-refractivity contribution >= 4 is 16.0 Å². The highest BCUT2D eigenvalue weighted by molar-refractivity contribution is 7.89. The summed E-state index contributed by atoms with van der Waals surface area (Å²) in [5, 5.41) is 12.8. The van der Waals surface area contributed by atoms with Crippen LogP contribution < -0.4 is 4.72 Å². The second kappa shape index (κ2) is 6.67. The summed E-state index contributed by atoms with van der Waals surface area (Å²) in [6.45, 7) is 2.56. The van der Waals surface area contributed by atoms with Gasteiger partial charge in [-0.1, -0.05) is 6.07 Å². The third-order valence-corrected chi connectivity index (χ3v) is 4.36. The minimum atomic E-state index is -3.62. The first-order valence-electron chi connectivity index (χ1n) is 6.63. The number of carboxylic acid groups (broad SMARTS) is 1. The maximum atomic E-state index is 12.0. The van der Waals surface area contributed by atoms with Crippen LogP contribution in [0.1, 0.15) is 23.1 Å². The number of aromatic nitrogens is 3. The van der Waals surface area contributed by atoms with Crippen molar-refractivity contribution in [3.05, 3.63) is 42.0 Å². The molecule has 0 radical (unpaired) electrons. The van der Waals surface area contributed by atoms with Crippen LogP contribution >= 0.6 is 0 Å². The molecule has 0 amide bonds. The maximum absolute atomic E-state index is 12.0. The Labute approximate surface area is 127 Å². The molecule has 0 fully saturated rings. The molecule has 0 bridgehead atoms. The Hall–Kier alpha value is -2.26. The zero-order chi connectivity index (χ0) is 16.2. The Morgan fingerprint density at radius 1 is 1.41 bits per heavy atom. The van der Waals surface area contributed by atoms with Crippen LogP contribution in [-0.2, 0) is 23.0 Å². The number of rotatable bonds is 7. The molecular formula is C13H16N4O4S. The summed E-state index contributed by atoms with van der Waals surface area (Å²) in [5.41, 5.74) is 0.441. The van der Waals surface area contributed by atoms with Crippen molar-refractivity contribution < 1.29 is 18.3 Å². The second-order valence-electron chi connectivity index (χ2n) is 4.50. The van der Waals surface area contributed by atoms with Gasteiger partial charge in [0.2, 0.25) is 10.0 Å². The summed E-state index contributed by atoms with van der Waals surface area (Å²) < 4.78 is 28.1. The van der Waals surface area contributed by atoms with Crippen molar-refractivity contribution in [2.24, 2.45) is 0 Å². The molecule has 0 aliphatic rings. The molecule has 0 unspecified atom stereocenters. The molecule has 0 aromatic carbocycles. The second-order valence-corrected chi connectivity index (χ2v) is 6.27. The molecule has 22 heavy (non-hydrogen) atoms. The molecule has 2 aromatic rings. The molecule has 8 nitrogen and oxygen atoms in total. The Bertz CT molecular complexity index is 770. The average Bonchev–Trinajstić information content (AvgIpc) is 2.97. The predicted molar refractivity (Wildman–Crippen MR) is 78.0 cm³/mol. The smallest absolute Gasteiger partial charge is 0.354 e. The Morgan fingerprint density at radius 3 is 2.82 bits per heavy atom. The zero-order valence-corrected chi connectivity index (χ0v) is 12.7. The third-order valence-electron chi connectivity index (χ3n) is 2.94. The highest BCUT2D eigenvalue weighted by atomic mass is 32.2. The van der Waals surface area contributed by atoms with E-state index in [0.29, 0.717) is 18.7 Å². The number of sulfonamides is 1. The highest BCUT2D eigenvalue weighted by Crippen LogP contribution is 2.07.